The van der Waals surface area contributed by atoms with Crippen LogP contribution in [0.1, 0.15) is 36.0 Å². The minimum absolute atomic E-state index is 0.0137. The maximum absolute atomic E-state index is 12.6. The molecular weight excluding hydrogens is 372 g/mol. The van der Waals surface area contributed by atoms with Crippen LogP contribution in [-0.4, -0.2) is 37.5 Å². The third-order valence-corrected chi connectivity index (χ3v) is 7.01. The summed E-state index contributed by atoms with van der Waals surface area (Å²) in [5, 5.41) is 2.84. The Morgan fingerprint density at radius 1 is 0.964 bits per heavy atom. The molecule has 0 radical (unpaired) electrons. The predicted molar refractivity (Wildman–Crippen MR) is 111 cm³/mol. The molecule has 0 atom stereocenters. The van der Waals surface area contributed by atoms with Gasteiger partial charge in [-0.2, -0.15) is 4.31 Å². The summed E-state index contributed by atoms with van der Waals surface area (Å²) in [6.45, 7) is 1.38. The first-order valence-corrected chi connectivity index (χ1v) is 11.5. The van der Waals surface area contributed by atoms with E-state index in [0.717, 1.165) is 24.8 Å². The molecule has 0 spiro atoms. The van der Waals surface area contributed by atoms with E-state index in [1.54, 1.807) is 4.31 Å². The number of amides is 1. The van der Waals surface area contributed by atoms with E-state index in [4.69, 9.17) is 0 Å². The molecule has 1 aliphatic rings. The molecule has 6 heteroatoms. The van der Waals surface area contributed by atoms with Crippen LogP contribution in [-0.2, 0) is 34.2 Å². The molecule has 0 unspecified atom stereocenters. The summed E-state index contributed by atoms with van der Waals surface area (Å²) in [5.74, 6) is 0.0552. The molecule has 5 nitrogen and oxygen atoms in total. The third kappa shape index (κ3) is 5.91. The van der Waals surface area contributed by atoms with Gasteiger partial charge in [0, 0.05) is 26.1 Å². The molecule has 2 aromatic carbocycles. The lowest BCUT2D eigenvalue weighted by Gasteiger charge is -2.28. The van der Waals surface area contributed by atoms with Crippen molar-refractivity contribution in [3.05, 3.63) is 71.3 Å². The zero-order valence-corrected chi connectivity index (χ0v) is 17.0. The Kier molecular flexibility index (Phi) is 7.23. The van der Waals surface area contributed by atoms with E-state index < -0.39 is 10.0 Å². The lowest BCUT2D eigenvalue weighted by molar-refractivity contribution is -0.121. The average Bonchev–Trinajstić information content (AvgIpc) is 2.72. The number of carbonyl (C=O) groups excluding carboxylic acids is 1. The highest BCUT2D eigenvalue weighted by Gasteiger charge is 2.25. The average molecular weight is 401 g/mol. The number of aryl methyl sites for hydroxylation is 1. The van der Waals surface area contributed by atoms with Crippen LogP contribution in [0.5, 0.6) is 0 Å². The zero-order chi connectivity index (χ0) is 19.8. The number of benzene rings is 2. The van der Waals surface area contributed by atoms with Crippen LogP contribution in [0, 0.1) is 0 Å². The smallest absolute Gasteiger partial charge is 0.220 e. The van der Waals surface area contributed by atoms with Gasteiger partial charge in [0.15, 0.2) is 0 Å². The zero-order valence-electron chi connectivity index (χ0n) is 16.1. The lowest BCUT2D eigenvalue weighted by Crippen LogP contribution is -2.38. The van der Waals surface area contributed by atoms with Crippen LogP contribution in [0.25, 0.3) is 0 Å². The number of rotatable bonds is 9. The SMILES string of the molecule is O=C(CCCc1ccccc1)NCCCS(=O)(=O)N1CCc2ccccc2C1. The van der Waals surface area contributed by atoms with Gasteiger partial charge in [0.1, 0.15) is 0 Å². The normalized spacial score (nSPS) is 14.4. The van der Waals surface area contributed by atoms with Crippen molar-refractivity contribution in [2.45, 2.75) is 38.6 Å². The van der Waals surface area contributed by atoms with Gasteiger partial charge >= 0.3 is 0 Å². The number of nitrogens with one attached hydrogen (secondary N) is 1. The van der Waals surface area contributed by atoms with Crippen LogP contribution in [0.2, 0.25) is 0 Å². The third-order valence-electron chi connectivity index (χ3n) is 5.10. The van der Waals surface area contributed by atoms with Gasteiger partial charge in [0.2, 0.25) is 15.9 Å². The van der Waals surface area contributed by atoms with Gasteiger partial charge in [-0.15, -0.1) is 0 Å². The van der Waals surface area contributed by atoms with Crippen molar-refractivity contribution < 1.29 is 13.2 Å². The second-order valence-electron chi connectivity index (χ2n) is 7.21. The fraction of sp³-hybridized carbons (Fsp3) is 0.409. The molecule has 0 aromatic heterocycles. The van der Waals surface area contributed by atoms with E-state index in [1.807, 2.05) is 36.4 Å². The summed E-state index contributed by atoms with van der Waals surface area (Å²) in [6.07, 6.45) is 3.32. The van der Waals surface area contributed by atoms with Gasteiger partial charge in [-0.1, -0.05) is 54.6 Å². The Hall–Kier alpha value is -2.18. The summed E-state index contributed by atoms with van der Waals surface area (Å²) in [6, 6.07) is 18.1. The predicted octanol–water partition coefficient (Wildman–Crippen LogP) is 2.90. The van der Waals surface area contributed by atoms with Gasteiger partial charge in [-0.3, -0.25) is 4.79 Å². The van der Waals surface area contributed by atoms with Crippen molar-refractivity contribution >= 4 is 15.9 Å². The number of carbonyl (C=O) groups is 1. The molecule has 2 aromatic rings. The van der Waals surface area contributed by atoms with E-state index in [9.17, 15) is 13.2 Å². The highest BCUT2D eigenvalue weighted by molar-refractivity contribution is 7.89. The number of sulfonamides is 1. The molecule has 0 saturated heterocycles. The van der Waals surface area contributed by atoms with Crippen molar-refractivity contribution in [3.63, 3.8) is 0 Å². The molecule has 1 aliphatic heterocycles. The summed E-state index contributed by atoms with van der Waals surface area (Å²) < 4.78 is 26.7. The van der Waals surface area contributed by atoms with Gasteiger partial charge < -0.3 is 5.32 Å². The molecule has 1 amide bonds. The molecule has 0 saturated carbocycles. The summed E-state index contributed by atoms with van der Waals surface area (Å²) in [7, 11) is -3.29. The first-order chi connectivity index (χ1) is 13.5. The Morgan fingerprint density at radius 3 is 2.46 bits per heavy atom. The van der Waals surface area contributed by atoms with Crippen LogP contribution >= 0.6 is 0 Å². The van der Waals surface area contributed by atoms with Crippen LogP contribution in [0.3, 0.4) is 0 Å². The largest absolute Gasteiger partial charge is 0.356 e. The lowest BCUT2D eigenvalue weighted by atomic mass is 10.0. The van der Waals surface area contributed by atoms with E-state index in [2.05, 4.69) is 23.5 Å². The van der Waals surface area contributed by atoms with Crippen LogP contribution in [0.4, 0.5) is 0 Å². The molecule has 1 heterocycles. The minimum atomic E-state index is -3.29. The van der Waals surface area contributed by atoms with Gasteiger partial charge in [0.05, 0.1) is 5.75 Å². The molecule has 3 rings (SSSR count). The minimum Gasteiger partial charge on any atom is -0.356 e. The highest BCUT2D eigenvalue weighted by atomic mass is 32.2. The molecule has 0 aliphatic carbocycles. The Balaban J connectivity index is 1.34. The molecule has 150 valence electrons. The topological polar surface area (TPSA) is 66.5 Å². The first-order valence-electron chi connectivity index (χ1n) is 9.90. The van der Waals surface area contributed by atoms with Crippen molar-refractivity contribution in [2.75, 3.05) is 18.8 Å². The number of hydrogen-bond donors (Lipinski definition) is 1. The van der Waals surface area contributed by atoms with Gasteiger partial charge in [-0.25, -0.2) is 8.42 Å². The van der Waals surface area contributed by atoms with E-state index in [1.165, 1.54) is 11.1 Å². The van der Waals surface area contributed by atoms with E-state index >= 15 is 0 Å². The Labute approximate surface area is 167 Å². The Bertz CT molecular complexity index is 882. The highest BCUT2D eigenvalue weighted by Crippen LogP contribution is 2.21. The first kappa shape index (κ1) is 20.6. The second-order valence-corrected chi connectivity index (χ2v) is 9.30. The molecule has 1 N–H and O–H groups in total. The van der Waals surface area contributed by atoms with E-state index in [0.29, 0.717) is 32.5 Å². The second kappa shape index (κ2) is 9.85. The van der Waals surface area contributed by atoms with Gasteiger partial charge in [-0.05, 0) is 42.4 Å². The maximum Gasteiger partial charge on any atom is 0.220 e. The van der Waals surface area contributed by atoms with Crippen LogP contribution < -0.4 is 5.32 Å². The molecular formula is C22H28N2O3S. The summed E-state index contributed by atoms with van der Waals surface area (Å²) >= 11 is 0. The fourth-order valence-corrected chi connectivity index (χ4v) is 4.98. The van der Waals surface area contributed by atoms with Crippen molar-refractivity contribution in [2.24, 2.45) is 0 Å². The molecule has 28 heavy (non-hydrogen) atoms. The molecule has 0 fully saturated rings. The van der Waals surface area contributed by atoms with Crippen LogP contribution in [0.15, 0.2) is 54.6 Å². The van der Waals surface area contributed by atoms with E-state index in [-0.39, 0.29) is 11.7 Å². The number of hydrogen-bond acceptors (Lipinski definition) is 3. The fourth-order valence-electron chi connectivity index (χ4n) is 3.50. The monoisotopic (exact) mass is 400 g/mol. The Morgan fingerprint density at radius 2 is 1.68 bits per heavy atom. The van der Waals surface area contributed by atoms with Gasteiger partial charge in [0.25, 0.3) is 0 Å². The van der Waals surface area contributed by atoms with Crippen molar-refractivity contribution in [1.82, 2.24) is 9.62 Å². The summed E-state index contributed by atoms with van der Waals surface area (Å²) in [4.78, 5) is 11.9. The standard InChI is InChI=1S/C22H28N2O3S/c25-22(13-6-10-19-8-2-1-3-9-19)23-15-7-17-28(26,27)24-16-14-20-11-4-5-12-21(20)18-24/h1-5,8-9,11-12H,6-7,10,13-18H2,(H,23,25). The van der Waals surface area contributed by atoms with Crippen molar-refractivity contribution in [3.8, 4) is 0 Å². The summed E-state index contributed by atoms with van der Waals surface area (Å²) in [5.41, 5.74) is 3.55. The quantitative estimate of drug-likeness (QED) is 0.658. The molecule has 0 bridgehead atoms. The number of fused-ring (bicyclic) bond motifs is 1. The van der Waals surface area contributed by atoms with Crippen molar-refractivity contribution in [1.29, 1.82) is 0 Å². The maximum atomic E-state index is 12.6. The number of nitrogens with zero attached hydrogens (tertiary/aromatic N) is 1.